The van der Waals surface area contributed by atoms with Crippen molar-refractivity contribution in [2.45, 2.75) is 6.04 Å². The second-order valence-corrected chi connectivity index (χ2v) is 7.61. The number of nitrogens with zero attached hydrogens (tertiary/aromatic N) is 1. The Morgan fingerprint density at radius 3 is 2.79 bits per heavy atom. The number of hydrogen-bond acceptors (Lipinski definition) is 6. The highest BCUT2D eigenvalue weighted by Crippen LogP contribution is 2.40. The molecule has 2 aromatic carbocycles. The van der Waals surface area contributed by atoms with E-state index in [0.29, 0.717) is 45.2 Å². The molecule has 2 aliphatic rings. The second-order valence-electron chi connectivity index (χ2n) is 6.20. The van der Waals surface area contributed by atoms with Gasteiger partial charge in [0.2, 0.25) is 12.7 Å². The summed E-state index contributed by atoms with van der Waals surface area (Å²) in [4.78, 5) is 27.3. The molecule has 1 N–H and O–H groups in total. The van der Waals surface area contributed by atoms with Gasteiger partial charge >= 0.3 is 0 Å². The largest absolute Gasteiger partial charge is 0.497 e. The minimum atomic E-state index is -0.580. The molecule has 0 saturated carbocycles. The fraction of sp³-hybridized carbons (Fsp3) is 0.263. The quantitative estimate of drug-likeness (QED) is 0.818. The van der Waals surface area contributed by atoms with Gasteiger partial charge < -0.3 is 24.4 Å². The molecule has 1 unspecified atom stereocenters. The molecule has 0 spiro atoms. The summed E-state index contributed by atoms with van der Waals surface area (Å²) in [6, 6.07) is 9.58. The molecule has 28 heavy (non-hydrogen) atoms. The molecule has 0 aliphatic carbocycles. The first kappa shape index (κ1) is 18.8. The molecule has 0 aromatic heterocycles. The zero-order valence-electron chi connectivity index (χ0n) is 14.9. The zero-order valence-corrected chi connectivity index (χ0v) is 16.5. The Balaban J connectivity index is 1.50. The molecule has 9 heteroatoms. The van der Waals surface area contributed by atoms with Crippen molar-refractivity contribution in [2.75, 3.05) is 30.8 Å². The minimum Gasteiger partial charge on any atom is -0.497 e. The SMILES string of the molecule is COc1ccc(NC(=O)C2CSCN2C(=O)c2cc(Cl)c3c(c2)OCO3)cc1. The van der Waals surface area contributed by atoms with Gasteiger partial charge in [-0.05, 0) is 36.4 Å². The van der Waals surface area contributed by atoms with E-state index in [2.05, 4.69) is 5.32 Å². The first-order chi connectivity index (χ1) is 13.6. The Morgan fingerprint density at radius 2 is 2.04 bits per heavy atom. The third kappa shape index (κ3) is 3.57. The predicted molar refractivity (Wildman–Crippen MR) is 106 cm³/mol. The summed E-state index contributed by atoms with van der Waals surface area (Å²) in [5.41, 5.74) is 1.00. The van der Waals surface area contributed by atoms with Gasteiger partial charge in [0.25, 0.3) is 5.91 Å². The summed E-state index contributed by atoms with van der Waals surface area (Å²) in [6.07, 6.45) is 0. The van der Waals surface area contributed by atoms with E-state index in [9.17, 15) is 9.59 Å². The maximum absolute atomic E-state index is 13.0. The average molecular weight is 421 g/mol. The van der Waals surface area contributed by atoms with E-state index in [1.807, 2.05) is 0 Å². The van der Waals surface area contributed by atoms with Crippen LogP contribution in [0.2, 0.25) is 5.02 Å². The topological polar surface area (TPSA) is 77.1 Å². The second kappa shape index (κ2) is 7.81. The van der Waals surface area contributed by atoms with Crippen LogP contribution in [0.15, 0.2) is 36.4 Å². The normalized spacial score (nSPS) is 17.5. The number of nitrogens with one attached hydrogen (secondary N) is 1. The standard InChI is InChI=1S/C19H17ClN2O5S/c1-25-13-4-2-12(3-5-13)21-18(23)15-8-28-9-22(15)19(24)11-6-14(20)17-16(7-11)26-10-27-17/h2-7,15H,8-10H2,1H3,(H,21,23). The Bertz CT molecular complexity index is 921. The van der Waals surface area contributed by atoms with Crippen LogP contribution in [0, 0.1) is 0 Å². The Labute approximate surface area is 170 Å². The number of ether oxygens (including phenoxy) is 3. The molecular formula is C19H17ClN2O5S. The molecule has 4 rings (SSSR count). The molecule has 146 valence electrons. The van der Waals surface area contributed by atoms with E-state index < -0.39 is 6.04 Å². The molecule has 1 fully saturated rings. The monoisotopic (exact) mass is 420 g/mol. The first-order valence-corrected chi connectivity index (χ1v) is 10.0. The van der Waals surface area contributed by atoms with Crippen LogP contribution in [0.1, 0.15) is 10.4 Å². The summed E-state index contributed by atoms with van der Waals surface area (Å²) >= 11 is 7.71. The molecule has 0 bridgehead atoms. The number of carbonyl (C=O) groups excluding carboxylic acids is 2. The van der Waals surface area contributed by atoms with Gasteiger partial charge in [-0.3, -0.25) is 9.59 Å². The molecular weight excluding hydrogens is 404 g/mol. The molecule has 1 saturated heterocycles. The highest BCUT2D eigenvalue weighted by atomic mass is 35.5. The Morgan fingerprint density at radius 1 is 1.25 bits per heavy atom. The van der Waals surface area contributed by atoms with Crippen LogP contribution in [0.4, 0.5) is 5.69 Å². The van der Waals surface area contributed by atoms with Gasteiger partial charge in [0.05, 0.1) is 18.0 Å². The summed E-state index contributed by atoms with van der Waals surface area (Å²) < 4.78 is 15.7. The summed E-state index contributed by atoms with van der Waals surface area (Å²) in [5, 5.41) is 3.16. The van der Waals surface area contributed by atoms with E-state index in [4.69, 9.17) is 25.8 Å². The van der Waals surface area contributed by atoms with Crippen molar-refractivity contribution in [3.8, 4) is 17.2 Å². The highest BCUT2D eigenvalue weighted by Gasteiger charge is 2.36. The number of fused-ring (bicyclic) bond motifs is 1. The highest BCUT2D eigenvalue weighted by molar-refractivity contribution is 7.99. The van der Waals surface area contributed by atoms with Crippen molar-refractivity contribution >= 4 is 40.9 Å². The van der Waals surface area contributed by atoms with Gasteiger partial charge in [-0.15, -0.1) is 11.8 Å². The van der Waals surface area contributed by atoms with Crippen LogP contribution < -0.4 is 19.5 Å². The smallest absolute Gasteiger partial charge is 0.255 e. The predicted octanol–water partition coefficient (Wildman–Crippen LogP) is 3.23. The minimum absolute atomic E-state index is 0.0686. The number of thioether (sulfide) groups is 1. The fourth-order valence-electron chi connectivity index (χ4n) is 3.02. The average Bonchev–Trinajstić information content (AvgIpc) is 3.37. The van der Waals surface area contributed by atoms with Crippen LogP contribution in [-0.2, 0) is 4.79 Å². The molecule has 2 heterocycles. The van der Waals surface area contributed by atoms with E-state index in [-0.39, 0.29) is 18.6 Å². The number of halogens is 1. The lowest BCUT2D eigenvalue weighted by Gasteiger charge is -2.23. The molecule has 0 radical (unpaired) electrons. The zero-order chi connectivity index (χ0) is 19.7. The summed E-state index contributed by atoms with van der Waals surface area (Å²) in [7, 11) is 1.58. The van der Waals surface area contributed by atoms with Crippen molar-refractivity contribution in [2.24, 2.45) is 0 Å². The number of benzene rings is 2. The van der Waals surface area contributed by atoms with Gasteiger partial charge in [0, 0.05) is 17.0 Å². The van der Waals surface area contributed by atoms with Crippen LogP contribution in [0.3, 0.4) is 0 Å². The number of amides is 2. The van der Waals surface area contributed by atoms with E-state index >= 15 is 0 Å². The Hall–Kier alpha value is -2.58. The van der Waals surface area contributed by atoms with Gasteiger partial charge in [0.15, 0.2) is 11.5 Å². The van der Waals surface area contributed by atoms with Gasteiger partial charge in [0.1, 0.15) is 11.8 Å². The summed E-state index contributed by atoms with van der Waals surface area (Å²) in [6.45, 7) is 0.0686. The number of rotatable bonds is 4. The third-order valence-electron chi connectivity index (χ3n) is 4.48. The van der Waals surface area contributed by atoms with Gasteiger partial charge in [-0.25, -0.2) is 0 Å². The third-order valence-corrected chi connectivity index (χ3v) is 5.77. The molecule has 2 aliphatic heterocycles. The molecule has 1 atom stereocenters. The lowest BCUT2D eigenvalue weighted by molar-refractivity contribution is -0.119. The van der Waals surface area contributed by atoms with Crippen LogP contribution in [0.25, 0.3) is 0 Å². The van der Waals surface area contributed by atoms with Gasteiger partial charge in [-0.1, -0.05) is 11.6 Å². The fourth-order valence-corrected chi connectivity index (χ4v) is 4.44. The van der Waals surface area contributed by atoms with E-state index in [0.717, 1.165) is 0 Å². The molecule has 7 nitrogen and oxygen atoms in total. The lowest BCUT2D eigenvalue weighted by atomic mass is 10.1. The number of hydrogen-bond donors (Lipinski definition) is 1. The van der Waals surface area contributed by atoms with Crippen molar-refractivity contribution in [1.82, 2.24) is 4.90 Å². The van der Waals surface area contributed by atoms with Crippen molar-refractivity contribution < 1.29 is 23.8 Å². The number of methoxy groups -OCH3 is 1. The number of carbonyl (C=O) groups is 2. The van der Waals surface area contributed by atoms with E-state index in [1.54, 1.807) is 43.5 Å². The Kier molecular flexibility index (Phi) is 5.23. The number of anilines is 1. The molecule has 2 amide bonds. The summed E-state index contributed by atoms with van der Waals surface area (Å²) in [5.74, 6) is 1.99. The molecule has 2 aromatic rings. The maximum Gasteiger partial charge on any atom is 0.255 e. The van der Waals surface area contributed by atoms with E-state index in [1.165, 1.54) is 16.7 Å². The van der Waals surface area contributed by atoms with Gasteiger partial charge in [-0.2, -0.15) is 0 Å². The first-order valence-electron chi connectivity index (χ1n) is 8.49. The van der Waals surface area contributed by atoms with Crippen LogP contribution in [0.5, 0.6) is 17.2 Å². The van der Waals surface area contributed by atoms with Crippen molar-refractivity contribution in [1.29, 1.82) is 0 Å². The van der Waals surface area contributed by atoms with Crippen LogP contribution >= 0.6 is 23.4 Å². The van der Waals surface area contributed by atoms with Crippen LogP contribution in [-0.4, -0.2) is 48.3 Å². The maximum atomic E-state index is 13.0. The van der Waals surface area contributed by atoms with Crippen molar-refractivity contribution in [3.63, 3.8) is 0 Å². The lowest BCUT2D eigenvalue weighted by Crippen LogP contribution is -2.44. The van der Waals surface area contributed by atoms with Crippen molar-refractivity contribution in [3.05, 3.63) is 47.0 Å².